The van der Waals surface area contributed by atoms with Crippen LogP contribution in [0.1, 0.15) is 42.0 Å². The van der Waals surface area contributed by atoms with Crippen LogP contribution in [0.3, 0.4) is 0 Å². The zero-order valence-corrected chi connectivity index (χ0v) is 14.0. The van der Waals surface area contributed by atoms with Gasteiger partial charge in [0.05, 0.1) is 12.2 Å². The maximum absolute atomic E-state index is 13.3. The summed E-state index contributed by atoms with van der Waals surface area (Å²) in [6.45, 7) is 5.88. The molecular formula is C16H17FN6O2. The van der Waals surface area contributed by atoms with E-state index in [1.165, 1.54) is 16.9 Å². The molecule has 2 aromatic heterocycles. The highest BCUT2D eigenvalue weighted by molar-refractivity contribution is 5.93. The molecule has 0 aliphatic rings. The average Bonchev–Trinajstić information content (AvgIpc) is 3.21. The summed E-state index contributed by atoms with van der Waals surface area (Å²) in [5.74, 6) is -0.299. The molecule has 0 radical (unpaired) electrons. The third kappa shape index (κ3) is 3.54. The highest BCUT2D eigenvalue weighted by Gasteiger charge is 2.21. The molecule has 2 heterocycles. The van der Waals surface area contributed by atoms with E-state index < -0.39 is 6.04 Å². The lowest BCUT2D eigenvalue weighted by atomic mass is 10.2. The molecule has 0 bridgehead atoms. The highest BCUT2D eigenvalue weighted by atomic mass is 19.1. The third-order valence-electron chi connectivity index (χ3n) is 3.56. The summed E-state index contributed by atoms with van der Waals surface area (Å²) in [5.41, 5.74) is 1.28. The van der Waals surface area contributed by atoms with Crippen LogP contribution in [0.4, 0.5) is 4.39 Å². The lowest BCUT2D eigenvalue weighted by Gasteiger charge is -2.08. The lowest BCUT2D eigenvalue weighted by Crippen LogP contribution is -2.28. The quantitative estimate of drug-likeness (QED) is 0.762. The number of carbonyl (C=O) groups is 1. The Labute approximate surface area is 143 Å². The largest absolute Gasteiger partial charge is 0.339 e. The van der Waals surface area contributed by atoms with E-state index in [1.54, 1.807) is 26.0 Å². The van der Waals surface area contributed by atoms with Crippen molar-refractivity contribution in [3.05, 3.63) is 47.4 Å². The normalized spacial score (nSPS) is 12.2. The standard InChI is InChI=1S/C16H17FN6O2/c1-4-23-20-9(2)13(21-23)15(24)18-10(3)16-19-14(22-25-16)11-6-5-7-12(17)8-11/h5-8,10H,4H2,1-3H3,(H,18,24). The van der Waals surface area contributed by atoms with Gasteiger partial charge in [-0.15, -0.1) is 5.10 Å². The molecule has 1 aromatic carbocycles. The van der Waals surface area contributed by atoms with Gasteiger partial charge in [-0.25, -0.2) is 4.39 Å². The predicted molar refractivity (Wildman–Crippen MR) is 86.0 cm³/mol. The second-order valence-electron chi connectivity index (χ2n) is 5.48. The monoisotopic (exact) mass is 344 g/mol. The minimum absolute atomic E-state index is 0.216. The molecule has 8 nitrogen and oxygen atoms in total. The first-order chi connectivity index (χ1) is 12.0. The van der Waals surface area contributed by atoms with Crippen LogP contribution >= 0.6 is 0 Å². The van der Waals surface area contributed by atoms with Crippen LogP contribution < -0.4 is 5.32 Å². The topological polar surface area (TPSA) is 98.7 Å². The van der Waals surface area contributed by atoms with Crippen LogP contribution in [-0.2, 0) is 6.54 Å². The van der Waals surface area contributed by atoms with Crippen LogP contribution in [-0.4, -0.2) is 31.0 Å². The number of nitrogens with zero attached hydrogens (tertiary/aromatic N) is 5. The van der Waals surface area contributed by atoms with Gasteiger partial charge in [0, 0.05) is 5.56 Å². The smallest absolute Gasteiger partial charge is 0.274 e. The molecule has 0 aliphatic carbocycles. The summed E-state index contributed by atoms with van der Waals surface area (Å²) in [6, 6.07) is 5.34. The first-order valence-corrected chi connectivity index (χ1v) is 7.80. The molecule has 130 valence electrons. The fourth-order valence-electron chi connectivity index (χ4n) is 2.26. The molecule has 0 fully saturated rings. The average molecular weight is 344 g/mol. The van der Waals surface area contributed by atoms with Gasteiger partial charge in [-0.05, 0) is 32.9 Å². The van der Waals surface area contributed by atoms with E-state index in [-0.39, 0.29) is 29.1 Å². The van der Waals surface area contributed by atoms with E-state index >= 15 is 0 Å². The number of aryl methyl sites for hydroxylation is 2. The van der Waals surface area contributed by atoms with Gasteiger partial charge in [-0.2, -0.15) is 14.9 Å². The van der Waals surface area contributed by atoms with Crippen LogP contribution in [0.25, 0.3) is 11.4 Å². The second-order valence-corrected chi connectivity index (χ2v) is 5.48. The summed E-state index contributed by atoms with van der Waals surface area (Å²) in [4.78, 5) is 18.0. The van der Waals surface area contributed by atoms with Gasteiger partial charge in [0.1, 0.15) is 11.9 Å². The number of carbonyl (C=O) groups excluding carboxylic acids is 1. The van der Waals surface area contributed by atoms with Gasteiger partial charge in [0.25, 0.3) is 5.91 Å². The molecule has 1 amide bonds. The van der Waals surface area contributed by atoms with Crippen molar-refractivity contribution < 1.29 is 13.7 Å². The molecule has 1 atom stereocenters. The molecule has 1 unspecified atom stereocenters. The van der Waals surface area contributed by atoms with Gasteiger partial charge in [0.2, 0.25) is 11.7 Å². The number of benzene rings is 1. The highest BCUT2D eigenvalue weighted by Crippen LogP contribution is 2.19. The van der Waals surface area contributed by atoms with E-state index in [1.807, 2.05) is 6.92 Å². The Morgan fingerprint density at radius 2 is 2.20 bits per heavy atom. The molecule has 0 saturated heterocycles. The number of halogens is 1. The number of nitrogens with one attached hydrogen (secondary N) is 1. The first kappa shape index (κ1) is 16.7. The predicted octanol–water partition coefficient (Wildman–Crippen LogP) is 2.29. The Hall–Kier alpha value is -3.10. The SMILES string of the molecule is CCn1nc(C)c(C(=O)NC(C)c2nc(-c3cccc(F)c3)no2)n1. The van der Waals surface area contributed by atoms with Gasteiger partial charge in [-0.3, -0.25) is 4.79 Å². The minimum atomic E-state index is -0.534. The minimum Gasteiger partial charge on any atom is -0.339 e. The number of rotatable bonds is 5. The maximum atomic E-state index is 13.3. The van der Waals surface area contributed by atoms with Crippen LogP contribution in [0.2, 0.25) is 0 Å². The number of hydrogen-bond donors (Lipinski definition) is 1. The molecule has 25 heavy (non-hydrogen) atoms. The van der Waals surface area contributed by atoms with Gasteiger partial charge in [-0.1, -0.05) is 17.3 Å². The number of aromatic nitrogens is 5. The van der Waals surface area contributed by atoms with Crippen molar-refractivity contribution in [3.8, 4) is 11.4 Å². The van der Waals surface area contributed by atoms with E-state index in [0.717, 1.165) is 0 Å². The molecule has 0 spiro atoms. The fourth-order valence-corrected chi connectivity index (χ4v) is 2.26. The van der Waals surface area contributed by atoms with Crippen molar-refractivity contribution in [1.82, 2.24) is 30.5 Å². The van der Waals surface area contributed by atoms with Crippen molar-refractivity contribution in [3.63, 3.8) is 0 Å². The van der Waals surface area contributed by atoms with Crippen LogP contribution in [0.5, 0.6) is 0 Å². The first-order valence-electron chi connectivity index (χ1n) is 7.80. The molecule has 1 N–H and O–H groups in total. The van der Waals surface area contributed by atoms with Crippen LogP contribution in [0, 0.1) is 12.7 Å². The third-order valence-corrected chi connectivity index (χ3v) is 3.56. The Morgan fingerprint density at radius 3 is 2.88 bits per heavy atom. The van der Waals surface area contributed by atoms with Crippen molar-refractivity contribution in [2.24, 2.45) is 0 Å². The Balaban J connectivity index is 1.74. The van der Waals surface area contributed by atoms with E-state index in [9.17, 15) is 9.18 Å². The van der Waals surface area contributed by atoms with Crippen molar-refractivity contribution >= 4 is 5.91 Å². The Bertz CT molecular complexity index is 904. The van der Waals surface area contributed by atoms with E-state index in [2.05, 4.69) is 25.7 Å². The summed E-state index contributed by atoms with van der Waals surface area (Å²) in [5, 5.41) is 14.8. The molecule has 3 aromatic rings. The molecule has 0 saturated carbocycles. The van der Waals surface area contributed by atoms with E-state index in [0.29, 0.717) is 17.8 Å². The maximum Gasteiger partial charge on any atom is 0.274 e. The van der Waals surface area contributed by atoms with Crippen LogP contribution in [0.15, 0.2) is 28.8 Å². The van der Waals surface area contributed by atoms with Gasteiger partial charge >= 0.3 is 0 Å². The Kier molecular flexibility index (Phi) is 4.55. The molecule has 9 heteroatoms. The van der Waals surface area contributed by atoms with Crippen molar-refractivity contribution in [2.75, 3.05) is 0 Å². The summed E-state index contributed by atoms with van der Waals surface area (Å²) in [7, 11) is 0. The molecule has 0 aliphatic heterocycles. The van der Waals surface area contributed by atoms with E-state index in [4.69, 9.17) is 4.52 Å². The Morgan fingerprint density at radius 1 is 1.40 bits per heavy atom. The van der Waals surface area contributed by atoms with Crippen molar-refractivity contribution in [1.29, 1.82) is 0 Å². The fraction of sp³-hybridized carbons (Fsp3) is 0.312. The zero-order chi connectivity index (χ0) is 18.0. The second kappa shape index (κ2) is 6.80. The summed E-state index contributed by atoms with van der Waals surface area (Å²) < 4.78 is 18.5. The van der Waals surface area contributed by atoms with Gasteiger partial charge < -0.3 is 9.84 Å². The summed E-state index contributed by atoms with van der Waals surface area (Å²) in [6.07, 6.45) is 0. The van der Waals surface area contributed by atoms with Gasteiger partial charge in [0.15, 0.2) is 5.69 Å². The number of hydrogen-bond acceptors (Lipinski definition) is 6. The lowest BCUT2D eigenvalue weighted by molar-refractivity contribution is 0.0926. The van der Waals surface area contributed by atoms with Crippen molar-refractivity contribution in [2.45, 2.75) is 33.4 Å². The summed E-state index contributed by atoms with van der Waals surface area (Å²) >= 11 is 0. The number of amides is 1. The zero-order valence-electron chi connectivity index (χ0n) is 14.0. The molecular weight excluding hydrogens is 327 g/mol. The molecule has 3 rings (SSSR count).